The van der Waals surface area contributed by atoms with E-state index in [4.69, 9.17) is 24.4 Å². The van der Waals surface area contributed by atoms with E-state index in [9.17, 15) is 26.4 Å². The predicted molar refractivity (Wildman–Crippen MR) is 80.6 cm³/mol. The van der Waals surface area contributed by atoms with Gasteiger partial charge >= 0.3 is 15.5 Å². The molecular weight excluding hydrogens is 387 g/mol. The van der Waals surface area contributed by atoms with E-state index in [1.807, 2.05) is 0 Å². The fourth-order valence-electron chi connectivity index (χ4n) is 1.67. The van der Waals surface area contributed by atoms with Gasteiger partial charge in [0.15, 0.2) is 11.5 Å². The van der Waals surface area contributed by atoms with Crippen molar-refractivity contribution in [1.82, 2.24) is 4.72 Å². The van der Waals surface area contributed by atoms with Crippen LogP contribution in [-0.2, 0) is 10.0 Å². The zero-order chi connectivity index (χ0) is 20.0. The lowest BCUT2D eigenvalue weighted by molar-refractivity contribution is -0.0446. The molecular formula is C13H16F3NO8S. The number of sulfonamides is 1. The lowest BCUT2D eigenvalue weighted by Gasteiger charge is -2.16. The molecule has 0 aromatic heterocycles. The molecule has 1 amide bonds. The monoisotopic (exact) mass is 403 g/mol. The first kappa shape index (κ1) is 21.8. The molecule has 3 N–H and O–H groups in total. The second-order valence-corrected chi connectivity index (χ2v) is 6.20. The molecule has 0 atom stereocenters. The van der Waals surface area contributed by atoms with E-state index in [1.54, 1.807) is 0 Å². The van der Waals surface area contributed by atoms with E-state index in [0.29, 0.717) is 0 Å². The van der Waals surface area contributed by atoms with Crippen molar-refractivity contribution in [1.29, 1.82) is 0 Å². The molecule has 0 saturated carbocycles. The zero-order valence-electron chi connectivity index (χ0n) is 13.4. The summed E-state index contributed by atoms with van der Waals surface area (Å²) < 4.78 is 75.4. The van der Waals surface area contributed by atoms with Crippen LogP contribution in [0.3, 0.4) is 0 Å². The summed E-state index contributed by atoms with van der Waals surface area (Å²) in [4.78, 5) is 11.9. The highest BCUT2D eigenvalue weighted by molar-refractivity contribution is 7.90. The Labute approximate surface area is 146 Å². The standard InChI is InChI=1S/C13H16F3NO8S/c1-23-11-9(24-4-2-18)6-8(7-10(11)25-5-3-19)12(20)17-26(21,22)13(14,15)16/h6-7,18-19H,2-5H2,1H3,(H,17,20). The van der Waals surface area contributed by atoms with E-state index < -0.39 is 40.2 Å². The smallest absolute Gasteiger partial charge is 0.490 e. The molecule has 0 heterocycles. The van der Waals surface area contributed by atoms with Crippen molar-refractivity contribution in [2.45, 2.75) is 5.51 Å². The number of carbonyl (C=O) groups is 1. The number of nitrogens with one attached hydrogen (secondary N) is 1. The van der Waals surface area contributed by atoms with Crippen molar-refractivity contribution in [3.05, 3.63) is 17.7 Å². The maximum atomic E-state index is 12.4. The van der Waals surface area contributed by atoms with E-state index in [2.05, 4.69) is 0 Å². The van der Waals surface area contributed by atoms with Gasteiger partial charge in [-0.15, -0.1) is 0 Å². The van der Waals surface area contributed by atoms with Crippen LogP contribution in [0.25, 0.3) is 0 Å². The molecule has 0 unspecified atom stereocenters. The van der Waals surface area contributed by atoms with Gasteiger partial charge in [0.2, 0.25) is 5.75 Å². The number of alkyl halides is 3. The maximum absolute atomic E-state index is 12.4. The third-order valence-corrected chi connectivity index (χ3v) is 3.78. The number of aliphatic hydroxyl groups is 2. The Hall–Kier alpha value is -2.25. The van der Waals surface area contributed by atoms with Crippen LogP contribution in [0, 0.1) is 0 Å². The second kappa shape index (κ2) is 8.91. The molecule has 9 nitrogen and oxygen atoms in total. The number of benzene rings is 1. The minimum atomic E-state index is -5.91. The number of halogens is 3. The van der Waals surface area contributed by atoms with Gasteiger partial charge in [-0.2, -0.15) is 21.6 Å². The molecule has 26 heavy (non-hydrogen) atoms. The Balaban J connectivity index is 3.30. The molecule has 148 valence electrons. The number of hydrogen-bond acceptors (Lipinski definition) is 8. The Kier molecular flexibility index (Phi) is 7.47. The molecule has 0 saturated heterocycles. The Bertz CT molecular complexity index is 706. The van der Waals surface area contributed by atoms with Crippen LogP contribution in [0.15, 0.2) is 12.1 Å². The zero-order valence-corrected chi connectivity index (χ0v) is 14.2. The number of aliphatic hydroxyl groups excluding tert-OH is 2. The number of rotatable bonds is 9. The lowest BCUT2D eigenvalue weighted by Crippen LogP contribution is -2.40. The number of hydrogen-bond donors (Lipinski definition) is 3. The van der Waals surface area contributed by atoms with Gasteiger partial charge in [-0.3, -0.25) is 4.79 Å². The van der Waals surface area contributed by atoms with E-state index >= 15 is 0 Å². The highest BCUT2D eigenvalue weighted by atomic mass is 32.2. The second-order valence-electron chi connectivity index (χ2n) is 4.53. The third kappa shape index (κ3) is 5.37. The molecule has 1 aromatic rings. The van der Waals surface area contributed by atoms with Gasteiger partial charge in [0.1, 0.15) is 13.2 Å². The molecule has 0 aliphatic rings. The van der Waals surface area contributed by atoms with E-state index in [-0.39, 0.29) is 30.5 Å². The largest absolute Gasteiger partial charge is 0.516 e. The number of methoxy groups -OCH3 is 1. The molecule has 13 heteroatoms. The van der Waals surface area contributed by atoms with Crippen LogP contribution in [0.1, 0.15) is 10.4 Å². The average Bonchev–Trinajstić information content (AvgIpc) is 2.55. The van der Waals surface area contributed by atoms with Crippen LogP contribution in [0.5, 0.6) is 17.2 Å². The van der Waals surface area contributed by atoms with Crippen LogP contribution in [-0.4, -0.2) is 63.6 Å². The summed E-state index contributed by atoms with van der Waals surface area (Å²) in [6.45, 7) is -1.34. The van der Waals surface area contributed by atoms with Crippen molar-refractivity contribution < 1.29 is 50.8 Å². The Morgan fingerprint density at radius 3 is 1.92 bits per heavy atom. The average molecular weight is 403 g/mol. The maximum Gasteiger partial charge on any atom is 0.516 e. The lowest BCUT2D eigenvalue weighted by atomic mass is 10.1. The van der Waals surface area contributed by atoms with Gasteiger partial charge in [-0.05, 0) is 12.1 Å². The minimum Gasteiger partial charge on any atom is -0.490 e. The Morgan fingerprint density at radius 2 is 1.58 bits per heavy atom. The quantitative estimate of drug-likeness (QED) is 0.526. The fourth-order valence-corrected chi connectivity index (χ4v) is 2.15. The summed E-state index contributed by atoms with van der Waals surface area (Å²) >= 11 is 0. The molecule has 1 rings (SSSR count). The van der Waals surface area contributed by atoms with Crippen LogP contribution < -0.4 is 18.9 Å². The summed E-state index contributed by atoms with van der Waals surface area (Å²) in [7, 11) is -4.70. The molecule has 0 fully saturated rings. The topological polar surface area (TPSA) is 131 Å². The van der Waals surface area contributed by atoms with Crippen molar-refractivity contribution in [2.24, 2.45) is 0 Å². The van der Waals surface area contributed by atoms with E-state index in [1.165, 1.54) is 7.11 Å². The summed E-state index contributed by atoms with van der Waals surface area (Å²) in [5, 5.41) is 17.6. The number of amides is 1. The predicted octanol–water partition coefficient (Wildman–Crippen LogP) is 0.0168. The van der Waals surface area contributed by atoms with Crippen molar-refractivity contribution in [2.75, 3.05) is 33.5 Å². The molecule has 0 aliphatic heterocycles. The van der Waals surface area contributed by atoms with Crippen LogP contribution in [0.4, 0.5) is 13.2 Å². The van der Waals surface area contributed by atoms with Gasteiger partial charge in [0.25, 0.3) is 5.91 Å². The van der Waals surface area contributed by atoms with Gasteiger partial charge in [-0.1, -0.05) is 0 Å². The van der Waals surface area contributed by atoms with Crippen molar-refractivity contribution >= 4 is 15.9 Å². The SMILES string of the molecule is COc1c(OCCO)cc(C(=O)NS(=O)(=O)C(F)(F)F)cc1OCCO. The van der Waals surface area contributed by atoms with Gasteiger partial charge in [-0.25, -0.2) is 4.72 Å². The normalized spacial score (nSPS) is 11.8. The molecule has 0 bridgehead atoms. The molecule has 0 spiro atoms. The first-order valence-corrected chi connectivity index (χ1v) is 8.38. The Morgan fingerprint density at radius 1 is 1.12 bits per heavy atom. The number of ether oxygens (including phenoxy) is 3. The number of carbonyl (C=O) groups excluding carboxylic acids is 1. The van der Waals surface area contributed by atoms with Gasteiger partial charge in [0.05, 0.1) is 20.3 Å². The molecule has 1 aromatic carbocycles. The first-order valence-electron chi connectivity index (χ1n) is 6.90. The van der Waals surface area contributed by atoms with Gasteiger partial charge in [0, 0.05) is 5.56 Å². The highest BCUT2D eigenvalue weighted by Crippen LogP contribution is 2.39. The van der Waals surface area contributed by atoms with Crippen LogP contribution >= 0.6 is 0 Å². The van der Waals surface area contributed by atoms with Crippen molar-refractivity contribution in [3.8, 4) is 17.2 Å². The minimum absolute atomic E-state index is 0.0675. The molecule has 0 radical (unpaired) electrons. The van der Waals surface area contributed by atoms with Crippen molar-refractivity contribution in [3.63, 3.8) is 0 Å². The third-order valence-electron chi connectivity index (χ3n) is 2.72. The fraction of sp³-hybridized carbons (Fsp3) is 0.462. The summed E-state index contributed by atoms with van der Waals surface area (Å²) in [6.07, 6.45) is 0. The van der Waals surface area contributed by atoms with Crippen LogP contribution in [0.2, 0.25) is 0 Å². The summed E-state index contributed by atoms with van der Waals surface area (Å²) in [6, 6.07) is 1.84. The summed E-state index contributed by atoms with van der Waals surface area (Å²) in [5.74, 6) is -2.03. The van der Waals surface area contributed by atoms with Gasteiger partial charge < -0.3 is 24.4 Å². The molecule has 0 aliphatic carbocycles. The van der Waals surface area contributed by atoms with E-state index in [0.717, 1.165) is 16.9 Å². The first-order chi connectivity index (χ1) is 12.1. The summed E-state index contributed by atoms with van der Waals surface area (Å²) in [5.41, 5.74) is -6.22. The highest BCUT2D eigenvalue weighted by Gasteiger charge is 2.47.